The molecule has 150 valence electrons. The van der Waals surface area contributed by atoms with Crippen LogP contribution in [0.1, 0.15) is 33.4 Å². The molecule has 0 aliphatic carbocycles. The van der Waals surface area contributed by atoms with E-state index in [4.69, 9.17) is 14.9 Å². The average Bonchev–Trinajstić information content (AvgIpc) is 3.04. The number of rotatable bonds is 4. The Bertz CT molecular complexity index is 902. The van der Waals surface area contributed by atoms with Gasteiger partial charge in [-0.3, -0.25) is 4.79 Å². The van der Waals surface area contributed by atoms with Crippen LogP contribution in [0.3, 0.4) is 0 Å². The number of fused-ring (bicyclic) bond motifs is 1. The summed E-state index contributed by atoms with van der Waals surface area (Å²) in [5.41, 5.74) is 6.31. The van der Waals surface area contributed by atoms with E-state index in [-0.39, 0.29) is 16.8 Å². The summed E-state index contributed by atoms with van der Waals surface area (Å²) in [5, 5.41) is 11.2. The molecule has 3 heterocycles. The number of H-pyrrole nitrogens is 1. The van der Waals surface area contributed by atoms with Crippen molar-refractivity contribution < 1.29 is 14.3 Å². The molecule has 0 radical (unpaired) electrons. The molecule has 1 saturated heterocycles. The number of nitrogens with two attached hydrogens (primary N) is 1. The highest BCUT2D eigenvalue weighted by Gasteiger charge is 2.41. The summed E-state index contributed by atoms with van der Waals surface area (Å²) in [6, 6.07) is 1.73. The summed E-state index contributed by atoms with van der Waals surface area (Å²) >= 11 is 2.13. The molecule has 1 aliphatic heterocycles. The third-order valence-electron chi connectivity index (χ3n) is 5.73. The number of aliphatic hydroxyl groups excluding tert-OH is 1. The van der Waals surface area contributed by atoms with Crippen molar-refractivity contribution in [2.24, 2.45) is 0 Å². The van der Waals surface area contributed by atoms with Crippen LogP contribution in [0.15, 0.2) is 17.1 Å². The van der Waals surface area contributed by atoms with Crippen molar-refractivity contribution in [1.82, 2.24) is 9.55 Å². The van der Waals surface area contributed by atoms with Crippen LogP contribution in [0.25, 0.3) is 10.9 Å². The van der Waals surface area contributed by atoms with E-state index in [0.29, 0.717) is 29.7 Å². The Labute approximate surface area is 173 Å². The van der Waals surface area contributed by atoms with Crippen molar-refractivity contribution in [3.8, 4) is 0 Å². The lowest BCUT2D eigenvalue weighted by Gasteiger charge is -2.37. The molecule has 0 bridgehead atoms. The summed E-state index contributed by atoms with van der Waals surface area (Å²) in [6.07, 6.45) is 0.944. The van der Waals surface area contributed by atoms with Crippen LogP contribution in [-0.4, -0.2) is 41.8 Å². The summed E-state index contributed by atoms with van der Waals surface area (Å²) < 4.78 is 15.1. The molecule has 27 heavy (non-hydrogen) atoms. The molecule has 1 aliphatic rings. The van der Waals surface area contributed by atoms with Gasteiger partial charge in [0.2, 0.25) is 0 Å². The molecule has 0 amide bonds. The summed E-state index contributed by atoms with van der Waals surface area (Å²) in [6.45, 7) is 11.3. The van der Waals surface area contributed by atoms with Gasteiger partial charge in [-0.05, 0) is 40.7 Å². The molecular formula is C18H28IN3O4Si. The zero-order valence-electron chi connectivity index (χ0n) is 16.4. The van der Waals surface area contributed by atoms with Crippen molar-refractivity contribution in [3.63, 3.8) is 0 Å². The van der Waals surface area contributed by atoms with Crippen LogP contribution in [0.5, 0.6) is 0 Å². The number of nitrogens with one attached hydrogen (secondary N) is 1. The van der Waals surface area contributed by atoms with Gasteiger partial charge in [-0.1, -0.05) is 20.8 Å². The number of ether oxygens (including phenoxy) is 1. The van der Waals surface area contributed by atoms with E-state index in [1.165, 1.54) is 0 Å². The van der Waals surface area contributed by atoms with Gasteiger partial charge < -0.3 is 29.6 Å². The maximum Gasteiger partial charge on any atom is 0.260 e. The zero-order valence-corrected chi connectivity index (χ0v) is 19.5. The Balaban J connectivity index is 1.81. The van der Waals surface area contributed by atoms with Gasteiger partial charge in [0.15, 0.2) is 8.32 Å². The number of hydrogen-bond acceptors (Lipinski definition) is 5. The smallest absolute Gasteiger partial charge is 0.260 e. The number of aromatic amines is 1. The highest BCUT2D eigenvalue weighted by molar-refractivity contribution is 14.1. The Hall–Kier alpha value is -0.883. The highest BCUT2D eigenvalue weighted by Crippen LogP contribution is 2.38. The molecule has 3 atom stereocenters. The van der Waals surface area contributed by atoms with Gasteiger partial charge >= 0.3 is 0 Å². The molecule has 2 aromatic heterocycles. The Kier molecular flexibility index (Phi) is 5.54. The lowest BCUT2D eigenvalue weighted by atomic mass is 10.2. The largest absolute Gasteiger partial charge is 0.414 e. The lowest BCUT2D eigenvalue weighted by molar-refractivity contribution is -0.0402. The molecule has 3 unspecified atom stereocenters. The number of halogens is 1. The predicted molar refractivity (Wildman–Crippen MR) is 117 cm³/mol. The predicted octanol–water partition coefficient (Wildman–Crippen LogP) is 3.19. The molecule has 3 rings (SSSR count). The molecule has 2 aromatic rings. The van der Waals surface area contributed by atoms with Gasteiger partial charge in [0, 0.05) is 22.3 Å². The third-order valence-corrected chi connectivity index (χ3v) is 11.1. The van der Waals surface area contributed by atoms with Crippen molar-refractivity contribution in [3.05, 3.63) is 26.2 Å². The number of aromatic nitrogens is 2. The average molecular weight is 505 g/mol. The topological polar surface area (TPSA) is 102 Å². The van der Waals surface area contributed by atoms with Crippen LogP contribution in [0, 0.1) is 3.57 Å². The maximum absolute atomic E-state index is 12.2. The first kappa shape index (κ1) is 20.8. The Morgan fingerprint density at radius 2 is 2.15 bits per heavy atom. The number of nitrogens with zero attached hydrogens (tertiary/aromatic N) is 1. The number of nitrogen functional groups attached to an aromatic ring is 1. The van der Waals surface area contributed by atoms with Gasteiger partial charge in [0.1, 0.15) is 18.1 Å². The molecule has 0 saturated carbocycles. The van der Waals surface area contributed by atoms with E-state index >= 15 is 0 Å². The minimum Gasteiger partial charge on any atom is -0.414 e. The molecule has 4 N–H and O–H groups in total. The van der Waals surface area contributed by atoms with E-state index in [0.717, 1.165) is 3.57 Å². The van der Waals surface area contributed by atoms with Crippen molar-refractivity contribution in [2.75, 3.05) is 12.3 Å². The Morgan fingerprint density at radius 1 is 1.48 bits per heavy atom. The second kappa shape index (κ2) is 7.18. The first-order valence-corrected chi connectivity index (χ1v) is 13.1. The lowest BCUT2D eigenvalue weighted by Crippen LogP contribution is -2.43. The van der Waals surface area contributed by atoms with Gasteiger partial charge in [-0.25, -0.2) is 0 Å². The Morgan fingerprint density at radius 3 is 2.78 bits per heavy atom. The van der Waals surface area contributed by atoms with Gasteiger partial charge in [-0.15, -0.1) is 0 Å². The second-order valence-corrected chi connectivity index (χ2v) is 14.7. The minimum absolute atomic E-state index is 0.0985. The highest BCUT2D eigenvalue weighted by atomic mass is 127. The van der Waals surface area contributed by atoms with E-state index in [9.17, 15) is 9.90 Å². The van der Waals surface area contributed by atoms with E-state index < -0.39 is 20.5 Å². The first-order chi connectivity index (χ1) is 12.4. The number of pyridine rings is 1. The normalized spacial score (nSPS) is 24.0. The van der Waals surface area contributed by atoms with Crippen LogP contribution in [-0.2, 0) is 9.16 Å². The van der Waals surface area contributed by atoms with Crippen molar-refractivity contribution in [1.29, 1.82) is 0 Å². The van der Waals surface area contributed by atoms with Crippen LogP contribution in [0.4, 0.5) is 5.82 Å². The fourth-order valence-electron chi connectivity index (χ4n) is 3.04. The number of hydrogen-bond donors (Lipinski definition) is 3. The van der Waals surface area contributed by atoms with Gasteiger partial charge in [0.25, 0.3) is 5.56 Å². The van der Waals surface area contributed by atoms with Crippen molar-refractivity contribution in [2.45, 2.75) is 63.8 Å². The van der Waals surface area contributed by atoms with Crippen LogP contribution in [0.2, 0.25) is 18.1 Å². The van der Waals surface area contributed by atoms with Gasteiger partial charge in [-0.2, -0.15) is 0 Å². The fourth-order valence-corrected chi connectivity index (χ4v) is 4.87. The van der Waals surface area contributed by atoms with E-state index in [1.807, 2.05) is 10.8 Å². The molecule has 7 nitrogen and oxygen atoms in total. The monoisotopic (exact) mass is 505 g/mol. The van der Waals surface area contributed by atoms with Gasteiger partial charge in [0.05, 0.1) is 23.6 Å². The number of anilines is 1. The van der Waals surface area contributed by atoms with E-state index in [1.54, 1.807) is 6.07 Å². The van der Waals surface area contributed by atoms with Crippen molar-refractivity contribution >= 4 is 47.6 Å². The van der Waals surface area contributed by atoms with Crippen LogP contribution < -0.4 is 11.3 Å². The fraction of sp³-hybridized carbons (Fsp3) is 0.611. The summed E-state index contributed by atoms with van der Waals surface area (Å²) in [5.74, 6) is 0.305. The number of aliphatic hydroxyl groups is 1. The standard InChI is InChI=1S/C18H28IN3O4Si/c1-18(2,3)27(4,5)25-9-13-12(23)7-15(26-13)22-8-10(19)16-11(22)6-14(20)21-17(16)24/h6,8,12-13,15,23H,7,9H2,1-5H3,(H3,20,21,24). The third kappa shape index (κ3) is 3.97. The molecule has 1 fully saturated rings. The minimum atomic E-state index is -1.92. The molecule has 0 aromatic carbocycles. The summed E-state index contributed by atoms with van der Waals surface area (Å²) in [7, 11) is -1.92. The zero-order chi connectivity index (χ0) is 20.1. The van der Waals surface area contributed by atoms with E-state index in [2.05, 4.69) is 61.4 Å². The molecular weight excluding hydrogens is 477 g/mol. The molecule has 0 spiro atoms. The SMILES string of the molecule is CC(C)(C)[Si](C)(C)OCC1OC(n2cc(I)c3c(=O)[nH]c(N)cc32)CC1O. The van der Waals surface area contributed by atoms with Crippen LogP contribution >= 0.6 is 22.6 Å². The second-order valence-electron chi connectivity index (χ2n) is 8.70. The molecule has 9 heteroatoms. The first-order valence-electron chi connectivity index (χ1n) is 9.07. The maximum atomic E-state index is 12.2. The summed E-state index contributed by atoms with van der Waals surface area (Å²) in [4.78, 5) is 14.8. The quantitative estimate of drug-likeness (QED) is 0.438.